The molecule has 8 rings (SSSR count). The molecule has 12 nitrogen and oxygen atoms in total. The molecule has 72 heavy (non-hydrogen) atoms. The molecule has 0 bridgehead atoms. The fraction of sp³-hybridized carbons (Fsp3) is 0.192. The van der Waals surface area contributed by atoms with Gasteiger partial charge in [-0.05, 0) is 77.8 Å². The second kappa shape index (κ2) is 28.7. The molecule has 5 heterocycles. The largest absolute Gasteiger partial charge is 0.748 e. The van der Waals surface area contributed by atoms with E-state index in [4.69, 9.17) is 0 Å². The number of fused-ring (bicyclic) bond motifs is 3. The number of ketones is 2. The van der Waals surface area contributed by atoms with Crippen LogP contribution in [0.5, 0.6) is 0 Å². The normalized spacial score (nSPS) is 11.3. The number of aromatic nitrogens is 5. The van der Waals surface area contributed by atoms with Crippen molar-refractivity contribution in [2.24, 2.45) is 0 Å². The summed E-state index contributed by atoms with van der Waals surface area (Å²) in [5.74, 6) is -3.86. The number of rotatable bonds is 19. The first-order valence-electron chi connectivity index (χ1n) is 21.9. The second-order valence-electron chi connectivity index (χ2n) is 15.4. The minimum atomic E-state index is -4.80. The Balaban J connectivity index is 0.000000266. The van der Waals surface area contributed by atoms with Crippen LogP contribution >= 0.6 is 21.6 Å². The van der Waals surface area contributed by atoms with E-state index in [1.165, 1.54) is 12.3 Å². The average molecular weight is 1210 g/mol. The maximum Gasteiger partial charge on any atom is 0.252 e. The minimum Gasteiger partial charge on any atom is -0.748 e. The quantitative estimate of drug-likeness (QED) is 0.0202. The number of hydrogen-bond acceptors (Lipinski definition) is 13. The van der Waals surface area contributed by atoms with Gasteiger partial charge in [0.05, 0.1) is 32.5 Å². The molecule has 0 saturated carbocycles. The Morgan fingerprint density at radius 2 is 1.22 bits per heavy atom. The zero-order valence-electron chi connectivity index (χ0n) is 38.0. The van der Waals surface area contributed by atoms with Gasteiger partial charge in [-0.1, -0.05) is 89.0 Å². The summed E-state index contributed by atoms with van der Waals surface area (Å²) >= 11 is 0. The molecule has 0 fully saturated rings. The summed E-state index contributed by atoms with van der Waals surface area (Å²) in [6.45, 7) is 0. The summed E-state index contributed by atoms with van der Waals surface area (Å²) in [4.78, 5) is 59.1. The number of unbranched alkanes of at least 4 members (excludes halogenated alkanes) is 2. The molecule has 3 aromatic carbocycles. The molecule has 0 aliphatic rings. The topological polar surface area (TPSA) is 185 Å². The Bertz CT molecular complexity index is 3090. The molecule has 0 saturated heterocycles. The van der Waals surface area contributed by atoms with Gasteiger partial charge in [0.1, 0.15) is 16.9 Å². The molecule has 1 amide bonds. The maximum absolute atomic E-state index is 13.2. The second-order valence-corrected chi connectivity index (χ2v) is 19.3. The first kappa shape index (κ1) is 56.6. The standard InChI is InChI=1S/C30H32N4O6S3.2C11H6F2N.Ir/c35-22(10-7-19-41-42-27-12-4-5-16-31-27)9-2-1-3-11-26(36)25(20-43(38,39)40)34-30(37)24-15-18-33-29-23(24)14-13-21-8-6-17-32-28(21)29;2*12-8-4-5-9(10(13)7-8)11-3-1-2-6-14-11;/h4-6,8,12-18,25H,1-3,7,9-11,19-20H2,(H,34,37)(H,38,39,40);2*1-4,6-7H;/q;2*-1;/p-1. The number of halogens is 4. The van der Waals surface area contributed by atoms with E-state index in [2.05, 4.69) is 42.4 Å². The predicted octanol–water partition coefficient (Wildman–Crippen LogP) is 10.8. The van der Waals surface area contributed by atoms with Crippen LogP contribution in [0.2, 0.25) is 0 Å². The van der Waals surface area contributed by atoms with Crippen molar-refractivity contribution in [3.05, 3.63) is 181 Å². The van der Waals surface area contributed by atoms with Gasteiger partial charge in [-0.2, -0.15) is 0 Å². The Morgan fingerprint density at radius 3 is 1.81 bits per heavy atom. The minimum absolute atomic E-state index is 0. The van der Waals surface area contributed by atoms with Gasteiger partial charge in [0.15, 0.2) is 5.78 Å². The molecule has 0 aliphatic carbocycles. The summed E-state index contributed by atoms with van der Waals surface area (Å²) in [7, 11) is -1.56. The van der Waals surface area contributed by atoms with Crippen molar-refractivity contribution in [3.63, 3.8) is 0 Å². The van der Waals surface area contributed by atoms with Crippen LogP contribution in [0.25, 0.3) is 44.3 Å². The van der Waals surface area contributed by atoms with Crippen LogP contribution < -0.4 is 5.32 Å². The third-order valence-corrected chi connectivity index (χ3v) is 13.3. The number of carbonyl (C=O) groups excluding carboxylic acids is 3. The SMILES string of the molecule is Fc1c[c-]c(-c2ccccn2)c(F)c1.Fc1c[c-]c(-c2ccccn2)c(F)c1.O=C(CCCCCC(=O)C(CS(=O)(=O)[O-])NC(=O)c1ccnc2c1ccc1cccnc12)CCCSSc1ccccn1.[Ir]. The summed E-state index contributed by atoms with van der Waals surface area (Å²) in [5, 5.41) is 4.71. The maximum atomic E-state index is 13.2. The van der Waals surface area contributed by atoms with Gasteiger partial charge >= 0.3 is 0 Å². The molecule has 1 N–H and O–H groups in total. The average Bonchev–Trinajstić information content (AvgIpc) is 3.36. The van der Waals surface area contributed by atoms with Crippen LogP contribution in [0.4, 0.5) is 17.6 Å². The van der Waals surface area contributed by atoms with Crippen molar-refractivity contribution in [1.29, 1.82) is 0 Å². The van der Waals surface area contributed by atoms with Crippen molar-refractivity contribution in [2.45, 2.75) is 56.0 Å². The molecule has 1 radical (unpaired) electrons. The molecule has 375 valence electrons. The van der Waals surface area contributed by atoms with Crippen LogP contribution in [0.15, 0.2) is 145 Å². The number of benzene rings is 3. The molecule has 5 aromatic heterocycles. The number of carbonyl (C=O) groups is 3. The molecule has 20 heteroatoms. The first-order valence-corrected chi connectivity index (χ1v) is 25.8. The van der Waals surface area contributed by atoms with Gasteiger partial charge in [0.25, 0.3) is 5.91 Å². The van der Waals surface area contributed by atoms with Crippen molar-refractivity contribution in [3.8, 4) is 22.5 Å². The summed E-state index contributed by atoms with van der Waals surface area (Å²) in [6, 6.07) is 31.9. The van der Waals surface area contributed by atoms with Gasteiger partial charge in [0, 0.05) is 110 Å². The molecule has 1 atom stereocenters. The van der Waals surface area contributed by atoms with Gasteiger partial charge in [0.2, 0.25) is 0 Å². The number of hydrogen-bond donors (Lipinski definition) is 1. The van der Waals surface area contributed by atoms with Gasteiger partial charge in [-0.25, -0.2) is 13.4 Å². The number of pyridine rings is 5. The Labute approximate surface area is 434 Å². The summed E-state index contributed by atoms with van der Waals surface area (Å²) in [6.07, 6.45) is 11.1. The molecular formula is C52H43F4IrN6O6S3-3. The van der Waals surface area contributed by atoms with E-state index >= 15 is 0 Å². The molecule has 8 aromatic rings. The molecule has 0 aliphatic heterocycles. The Kier molecular flexibility index (Phi) is 22.6. The van der Waals surface area contributed by atoms with E-state index in [0.717, 1.165) is 46.9 Å². The predicted molar refractivity (Wildman–Crippen MR) is 265 cm³/mol. The van der Waals surface area contributed by atoms with Crippen molar-refractivity contribution in [1.82, 2.24) is 30.2 Å². The van der Waals surface area contributed by atoms with Crippen molar-refractivity contribution >= 4 is 71.0 Å². The fourth-order valence-corrected chi connectivity index (χ4v) is 9.48. The Hall–Kier alpha value is -6.28. The molecular weight excluding hydrogens is 1170 g/mol. The van der Waals surface area contributed by atoms with Crippen LogP contribution in [-0.2, 0) is 39.8 Å². The summed E-state index contributed by atoms with van der Waals surface area (Å²) < 4.78 is 86.3. The van der Waals surface area contributed by atoms with Gasteiger partial charge in [-0.15, -0.1) is 24.3 Å². The number of nitrogens with zero attached hydrogens (tertiary/aromatic N) is 5. The van der Waals surface area contributed by atoms with E-state index < -0.39 is 56.9 Å². The smallest absolute Gasteiger partial charge is 0.252 e. The van der Waals surface area contributed by atoms with Crippen LogP contribution in [0.3, 0.4) is 0 Å². The Morgan fingerprint density at radius 1 is 0.639 bits per heavy atom. The van der Waals surface area contributed by atoms with E-state index in [0.29, 0.717) is 59.9 Å². The fourth-order valence-electron chi connectivity index (χ4n) is 6.83. The van der Waals surface area contributed by atoms with Crippen LogP contribution in [0, 0.1) is 35.4 Å². The third-order valence-electron chi connectivity index (χ3n) is 10.2. The van der Waals surface area contributed by atoms with Crippen molar-refractivity contribution in [2.75, 3.05) is 11.5 Å². The first-order chi connectivity index (χ1) is 34.3. The van der Waals surface area contributed by atoms with Crippen molar-refractivity contribution < 1.29 is 65.0 Å². The van der Waals surface area contributed by atoms with Crippen LogP contribution in [-0.4, -0.2) is 72.9 Å². The van der Waals surface area contributed by atoms with Gasteiger partial charge < -0.3 is 19.8 Å². The van der Waals surface area contributed by atoms with E-state index in [9.17, 15) is 44.9 Å². The van der Waals surface area contributed by atoms with E-state index in [1.54, 1.807) is 101 Å². The number of Topliss-reactive ketones (excluding diaryl/α,β-unsaturated/α-hetero) is 2. The number of amides is 1. The molecule has 1 unspecified atom stereocenters. The zero-order chi connectivity index (χ0) is 50.6. The van der Waals surface area contributed by atoms with E-state index in [-0.39, 0.29) is 49.0 Å². The zero-order valence-corrected chi connectivity index (χ0v) is 42.8. The monoisotopic (exact) mass is 1210 g/mol. The third kappa shape index (κ3) is 17.8. The molecule has 0 spiro atoms. The van der Waals surface area contributed by atoms with E-state index in [1.807, 2.05) is 24.3 Å². The van der Waals surface area contributed by atoms with Gasteiger partial charge in [-0.3, -0.25) is 41.9 Å². The van der Waals surface area contributed by atoms with Crippen LogP contribution in [0.1, 0.15) is 55.3 Å². The summed E-state index contributed by atoms with van der Waals surface area (Å²) in [5.41, 5.74) is 2.54. The number of nitrogens with one attached hydrogen (secondary N) is 1.